The maximum Gasteiger partial charge on any atom is 0.348 e. The second-order valence-electron chi connectivity index (χ2n) is 8.68. The van der Waals surface area contributed by atoms with E-state index in [1.807, 2.05) is 0 Å². The lowest BCUT2D eigenvalue weighted by atomic mass is 10.0. The minimum atomic E-state index is -0.932. The Morgan fingerprint density at radius 2 is 1.18 bits per heavy atom. The summed E-state index contributed by atoms with van der Waals surface area (Å²) < 4.78 is 8.89. The van der Waals surface area contributed by atoms with E-state index in [0.29, 0.717) is 11.3 Å². The molecule has 3 aromatic carbocycles. The zero-order valence-electron chi connectivity index (χ0n) is 20.0. The highest BCUT2D eigenvalue weighted by Crippen LogP contribution is 2.33. The van der Waals surface area contributed by atoms with Crippen LogP contribution in [0.15, 0.2) is 115 Å². The van der Waals surface area contributed by atoms with Gasteiger partial charge < -0.3 is 9.52 Å². The molecule has 0 aliphatic heterocycles. The molecule has 186 valence electrons. The maximum absolute atomic E-state index is 14.0. The first-order valence-corrected chi connectivity index (χ1v) is 11.7. The van der Waals surface area contributed by atoms with Crippen LogP contribution in [0.4, 0.5) is 0 Å². The number of aryl methyl sites for hydroxylation is 1. The Labute approximate surface area is 213 Å². The number of hydrogen-bond acceptors (Lipinski definition) is 6. The van der Waals surface area contributed by atoms with E-state index < -0.39 is 33.8 Å². The van der Waals surface area contributed by atoms with Crippen LogP contribution in [0.2, 0.25) is 0 Å². The number of rotatable bonds is 3. The van der Waals surface area contributed by atoms with Gasteiger partial charge in [-0.15, -0.1) is 0 Å². The van der Waals surface area contributed by atoms with E-state index in [1.54, 1.807) is 91.0 Å². The number of fused-ring (bicyclic) bond motifs is 3. The van der Waals surface area contributed by atoms with Crippen molar-refractivity contribution in [3.05, 3.63) is 133 Å². The fourth-order valence-electron chi connectivity index (χ4n) is 4.75. The van der Waals surface area contributed by atoms with E-state index in [0.717, 1.165) is 9.13 Å². The van der Waals surface area contributed by atoms with Crippen LogP contribution < -0.4 is 22.4 Å². The average Bonchev–Trinajstić information content (AvgIpc) is 2.93. The van der Waals surface area contributed by atoms with Gasteiger partial charge in [-0.25, -0.2) is 18.7 Å². The van der Waals surface area contributed by atoms with Crippen molar-refractivity contribution in [1.82, 2.24) is 13.7 Å². The van der Waals surface area contributed by atoms with Gasteiger partial charge in [0.15, 0.2) is 5.58 Å². The van der Waals surface area contributed by atoms with E-state index in [2.05, 4.69) is 0 Å². The zero-order valence-corrected chi connectivity index (χ0v) is 20.0. The maximum atomic E-state index is 14.0. The Kier molecular flexibility index (Phi) is 5.20. The third kappa shape index (κ3) is 3.26. The van der Waals surface area contributed by atoms with E-state index >= 15 is 0 Å². The van der Waals surface area contributed by atoms with Crippen molar-refractivity contribution in [3.8, 4) is 28.3 Å². The predicted molar refractivity (Wildman–Crippen MR) is 144 cm³/mol. The topological polar surface area (TPSA) is 116 Å². The highest BCUT2D eigenvalue weighted by molar-refractivity contribution is 6.04. The van der Waals surface area contributed by atoms with Crippen molar-refractivity contribution in [2.24, 2.45) is 7.05 Å². The molecule has 38 heavy (non-hydrogen) atoms. The Morgan fingerprint density at radius 3 is 1.76 bits per heavy atom. The first-order valence-electron chi connectivity index (χ1n) is 11.7. The first kappa shape index (κ1) is 23.0. The van der Waals surface area contributed by atoms with Crippen LogP contribution in [0.3, 0.4) is 0 Å². The molecule has 0 saturated heterocycles. The Hall–Kier alpha value is -5.44. The highest BCUT2D eigenvalue weighted by atomic mass is 16.4. The van der Waals surface area contributed by atoms with Gasteiger partial charge >= 0.3 is 11.3 Å². The van der Waals surface area contributed by atoms with E-state index in [4.69, 9.17) is 4.42 Å². The monoisotopic (exact) mass is 505 g/mol. The summed E-state index contributed by atoms with van der Waals surface area (Å²) in [5.41, 5.74) is -2.87. The van der Waals surface area contributed by atoms with Crippen LogP contribution >= 0.6 is 0 Å². The Morgan fingerprint density at radius 1 is 0.658 bits per heavy atom. The molecule has 0 atom stereocenters. The number of hydrogen-bond donors (Lipinski definition) is 1. The molecule has 0 radical (unpaired) electrons. The van der Waals surface area contributed by atoms with Gasteiger partial charge in [0.2, 0.25) is 0 Å². The lowest BCUT2D eigenvalue weighted by Crippen LogP contribution is -2.40. The number of aromatic hydroxyl groups is 1. The smallest absolute Gasteiger partial charge is 0.348 e. The van der Waals surface area contributed by atoms with Gasteiger partial charge in [0.1, 0.15) is 27.7 Å². The van der Waals surface area contributed by atoms with Gasteiger partial charge in [-0.05, 0) is 29.8 Å². The molecule has 6 aromatic rings. The number of pyridine rings is 1. The molecule has 9 heteroatoms. The van der Waals surface area contributed by atoms with Crippen LogP contribution in [-0.2, 0) is 7.05 Å². The second kappa shape index (κ2) is 8.59. The van der Waals surface area contributed by atoms with Crippen LogP contribution in [0.25, 0.3) is 44.5 Å². The second-order valence-corrected chi connectivity index (χ2v) is 8.68. The SMILES string of the molecule is Cn1c(=O)c2c(O)c(-c3ccccc3)c(=O)oc2c2c(=O)n(-c3ccccc3)c(=O)n(-c3ccccc3)c21. The van der Waals surface area contributed by atoms with Crippen LogP contribution in [-0.4, -0.2) is 18.8 Å². The molecule has 9 nitrogen and oxygen atoms in total. The summed E-state index contributed by atoms with van der Waals surface area (Å²) in [4.78, 5) is 54.6. The summed E-state index contributed by atoms with van der Waals surface area (Å²) in [6.45, 7) is 0. The predicted octanol–water partition coefficient (Wildman–Crippen LogP) is 3.32. The standard InChI is InChI=1S/C29H19N3O6/c1-30-25-22(24-21(26(30)34)23(33)20(28(36)38-24)17-11-5-2-6-12-17)27(35)32(19-15-9-4-10-16-19)29(37)31(25)18-13-7-3-8-14-18/h2-16,33H,1H3. The molecule has 0 aliphatic rings. The van der Waals surface area contributed by atoms with Crippen molar-refractivity contribution in [2.45, 2.75) is 0 Å². The number of para-hydroxylation sites is 2. The summed E-state index contributed by atoms with van der Waals surface area (Å²) in [6, 6.07) is 25.1. The molecule has 0 bridgehead atoms. The molecule has 3 aromatic heterocycles. The fraction of sp³-hybridized carbons (Fsp3) is 0.0345. The largest absolute Gasteiger partial charge is 0.506 e. The number of benzene rings is 3. The normalized spacial score (nSPS) is 11.3. The van der Waals surface area contributed by atoms with Crippen molar-refractivity contribution >= 4 is 22.0 Å². The fourth-order valence-corrected chi connectivity index (χ4v) is 4.75. The van der Waals surface area contributed by atoms with Gasteiger partial charge in [-0.2, -0.15) is 0 Å². The summed E-state index contributed by atoms with van der Waals surface area (Å²) in [5.74, 6) is -0.604. The molecular formula is C29H19N3O6. The van der Waals surface area contributed by atoms with Crippen molar-refractivity contribution in [1.29, 1.82) is 0 Å². The summed E-state index contributed by atoms with van der Waals surface area (Å²) in [7, 11) is 1.39. The van der Waals surface area contributed by atoms with Gasteiger partial charge in [-0.1, -0.05) is 66.7 Å². The van der Waals surface area contributed by atoms with E-state index in [-0.39, 0.29) is 27.7 Å². The minimum absolute atomic E-state index is 0.0779. The third-order valence-corrected chi connectivity index (χ3v) is 6.49. The zero-order chi connectivity index (χ0) is 26.6. The molecular weight excluding hydrogens is 486 g/mol. The van der Waals surface area contributed by atoms with Crippen LogP contribution in [0, 0.1) is 0 Å². The molecule has 0 spiro atoms. The Bertz CT molecular complexity index is 2110. The van der Waals surface area contributed by atoms with Gasteiger partial charge in [0, 0.05) is 7.05 Å². The van der Waals surface area contributed by atoms with E-state index in [1.165, 1.54) is 11.6 Å². The number of nitrogens with zero attached hydrogens (tertiary/aromatic N) is 3. The number of aromatic nitrogens is 3. The van der Waals surface area contributed by atoms with Crippen molar-refractivity contribution in [2.75, 3.05) is 0 Å². The summed E-state index contributed by atoms with van der Waals surface area (Å²) >= 11 is 0. The molecule has 0 aliphatic carbocycles. The van der Waals surface area contributed by atoms with Crippen molar-refractivity contribution < 1.29 is 9.52 Å². The van der Waals surface area contributed by atoms with Gasteiger partial charge in [0.05, 0.1) is 11.4 Å². The molecule has 1 N–H and O–H groups in total. The van der Waals surface area contributed by atoms with E-state index in [9.17, 15) is 24.3 Å². The molecule has 0 unspecified atom stereocenters. The van der Waals surface area contributed by atoms with Gasteiger partial charge in [0.25, 0.3) is 11.1 Å². The molecule has 0 fully saturated rings. The minimum Gasteiger partial charge on any atom is -0.506 e. The first-order chi connectivity index (χ1) is 18.4. The van der Waals surface area contributed by atoms with Gasteiger partial charge in [-0.3, -0.25) is 14.2 Å². The lowest BCUT2D eigenvalue weighted by molar-refractivity contribution is 0.470. The highest BCUT2D eigenvalue weighted by Gasteiger charge is 2.27. The third-order valence-electron chi connectivity index (χ3n) is 6.49. The quantitative estimate of drug-likeness (QED) is 0.369. The van der Waals surface area contributed by atoms with Crippen LogP contribution in [0.5, 0.6) is 5.75 Å². The van der Waals surface area contributed by atoms with Crippen LogP contribution in [0.1, 0.15) is 0 Å². The lowest BCUT2D eigenvalue weighted by Gasteiger charge is -2.18. The molecule has 0 amide bonds. The molecule has 0 saturated carbocycles. The van der Waals surface area contributed by atoms with Crippen molar-refractivity contribution in [3.63, 3.8) is 0 Å². The molecule has 6 rings (SSSR count). The summed E-state index contributed by atoms with van der Waals surface area (Å²) in [6.07, 6.45) is 0. The average molecular weight is 505 g/mol. The Balaban J connectivity index is 1.91. The summed E-state index contributed by atoms with van der Waals surface area (Å²) in [5, 5.41) is 10.7. The molecule has 3 heterocycles.